The number of rotatable bonds is 5. The lowest BCUT2D eigenvalue weighted by molar-refractivity contribution is 0.0468. The number of hydrogen-bond acceptors (Lipinski definition) is 6. The summed E-state index contributed by atoms with van der Waals surface area (Å²) < 4.78 is 39.5. The van der Waals surface area contributed by atoms with Crippen molar-refractivity contribution in [2.45, 2.75) is 18.4 Å². The van der Waals surface area contributed by atoms with Crippen LogP contribution < -0.4 is 0 Å². The maximum Gasteiger partial charge on any atom is 0.338 e. The molecule has 0 aliphatic carbocycles. The van der Waals surface area contributed by atoms with Gasteiger partial charge in [0.05, 0.1) is 29.5 Å². The first-order valence-corrected chi connectivity index (χ1v) is 11.2. The van der Waals surface area contributed by atoms with Gasteiger partial charge in [0.2, 0.25) is 10.0 Å². The second kappa shape index (κ2) is 8.35. The maximum absolute atomic E-state index is 12.9. The molecule has 0 saturated carbocycles. The second-order valence-corrected chi connectivity index (χ2v) is 9.21. The summed E-state index contributed by atoms with van der Waals surface area (Å²) in [7, 11) is -3.84. The molecule has 0 amide bonds. The van der Waals surface area contributed by atoms with Gasteiger partial charge < -0.3 is 13.9 Å². The van der Waals surface area contributed by atoms with Crippen molar-refractivity contribution in [2.24, 2.45) is 0 Å². The fourth-order valence-electron chi connectivity index (χ4n) is 3.25. The lowest BCUT2D eigenvalue weighted by atomic mass is 10.2. The number of aryl methyl sites for hydroxylation is 1. The zero-order valence-electron chi connectivity index (χ0n) is 16.2. The zero-order chi connectivity index (χ0) is 21.3. The maximum atomic E-state index is 12.9. The van der Waals surface area contributed by atoms with Crippen LogP contribution in [0, 0.1) is 6.92 Å². The van der Waals surface area contributed by atoms with Crippen LogP contribution in [-0.2, 0) is 26.1 Å². The average molecular weight is 450 g/mol. The number of pyridine rings is 1. The molecule has 0 unspecified atom stereocenters. The van der Waals surface area contributed by atoms with Gasteiger partial charge in [0.25, 0.3) is 0 Å². The Morgan fingerprint density at radius 2 is 2.03 bits per heavy atom. The molecule has 4 rings (SSSR count). The van der Waals surface area contributed by atoms with Gasteiger partial charge in [-0.25, -0.2) is 18.2 Å². The number of fused-ring (bicyclic) bond motifs is 1. The summed E-state index contributed by atoms with van der Waals surface area (Å²) in [6, 6.07) is 7.94. The molecule has 1 saturated heterocycles. The Balaban J connectivity index is 1.52. The van der Waals surface area contributed by atoms with Gasteiger partial charge in [-0.15, -0.1) is 0 Å². The Hall–Kier alpha value is -2.46. The summed E-state index contributed by atoms with van der Waals surface area (Å²) in [5, 5.41) is 0.0499. The van der Waals surface area contributed by atoms with E-state index in [0.717, 1.165) is 11.2 Å². The average Bonchev–Trinajstić information content (AvgIpc) is 3.17. The van der Waals surface area contributed by atoms with Gasteiger partial charge >= 0.3 is 5.97 Å². The summed E-state index contributed by atoms with van der Waals surface area (Å²) in [6.07, 6.45) is 3.65. The van der Waals surface area contributed by atoms with Gasteiger partial charge in [0, 0.05) is 25.5 Å². The largest absolute Gasteiger partial charge is 0.456 e. The van der Waals surface area contributed by atoms with Crippen LogP contribution >= 0.6 is 11.6 Å². The lowest BCUT2D eigenvalue weighted by Crippen LogP contribution is -2.40. The Kier molecular flexibility index (Phi) is 5.79. The zero-order valence-corrected chi connectivity index (χ0v) is 17.8. The number of morpholine rings is 1. The first-order valence-electron chi connectivity index (χ1n) is 9.34. The molecule has 3 aromatic rings. The van der Waals surface area contributed by atoms with E-state index in [2.05, 4.69) is 4.98 Å². The van der Waals surface area contributed by atoms with E-state index in [9.17, 15) is 13.2 Å². The third kappa shape index (κ3) is 4.06. The van der Waals surface area contributed by atoms with E-state index in [1.807, 2.05) is 29.7 Å². The van der Waals surface area contributed by atoms with E-state index < -0.39 is 16.0 Å². The van der Waals surface area contributed by atoms with Crippen LogP contribution in [0.5, 0.6) is 0 Å². The van der Waals surface area contributed by atoms with Crippen molar-refractivity contribution in [1.82, 2.24) is 13.7 Å². The Labute approximate surface area is 179 Å². The fourth-order valence-corrected chi connectivity index (χ4v) is 5.16. The molecule has 158 valence electrons. The number of ether oxygens (including phenoxy) is 2. The van der Waals surface area contributed by atoms with E-state index in [-0.39, 0.29) is 35.2 Å². The third-order valence-corrected chi connectivity index (χ3v) is 7.21. The molecule has 10 heteroatoms. The minimum atomic E-state index is -3.84. The third-order valence-electron chi connectivity index (χ3n) is 4.83. The number of hydrogen-bond donors (Lipinski definition) is 0. The molecule has 0 bridgehead atoms. The number of carbonyl (C=O) groups excluding carboxylic acids is 1. The predicted octanol–water partition coefficient (Wildman–Crippen LogP) is 2.67. The Bertz CT molecular complexity index is 1200. The van der Waals surface area contributed by atoms with Crippen molar-refractivity contribution in [3.8, 4) is 0 Å². The number of sulfonamides is 1. The molecule has 0 N–H and O–H groups in total. The minimum absolute atomic E-state index is 0.0336. The molecule has 8 nitrogen and oxygen atoms in total. The highest BCUT2D eigenvalue weighted by atomic mass is 35.5. The summed E-state index contributed by atoms with van der Waals surface area (Å²) >= 11 is 6.14. The first-order chi connectivity index (χ1) is 14.4. The van der Waals surface area contributed by atoms with Crippen molar-refractivity contribution >= 4 is 33.2 Å². The SMILES string of the molecule is Cc1cccn2cc(COC(=O)c3ccc(Cl)c(S(=O)(=O)N4CCOCC4)c3)nc12. The molecule has 2 aromatic heterocycles. The summed E-state index contributed by atoms with van der Waals surface area (Å²) in [5.41, 5.74) is 2.48. The van der Waals surface area contributed by atoms with Crippen LogP contribution in [0.15, 0.2) is 47.6 Å². The van der Waals surface area contributed by atoms with E-state index >= 15 is 0 Å². The Morgan fingerprint density at radius 1 is 1.27 bits per heavy atom. The molecule has 1 aromatic carbocycles. The molecule has 30 heavy (non-hydrogen) atoms. The molecule has 1 fully saturated rings. The molecular formula is C20H20ClN3O5S. The quantitative estimate of drug-likeness (QED) is 0.556. The van der Waals surface area contributed by atoms with Gasteiger partial charge in [0.15, 0.2) is 0 Å². The van der Waals surface area contributed by atoms with Gasteiger partial charge in [-0.1, -0.05) is 17.7 Å². The van der Waals surface area contributed by atoms with Crippen molar-refractivity contribution < 1.29 is 22.7 Å². The van der Waals surface area contributed by atoms with Crippen LogP contribution in [0.4, 0.5) is 0 Å². The number of esters is 1. The Morgan fingerprint density at radius 3 is 2.77 bits per heavy atom. The minimum Gasteiger partial charge on any atom is -0.456 e. The van der Waals surface area contributed by atoms with Crippen LogP contribution in [0.2, 0.25) is 5.02 Å². The van der Waals surface area contributed by atoms with E-state index in [1.165, 1.54) is 22.5 Å². The van der Waals surface area contributed by atoms with Gasteiger partial charge in [-0.3, -0.25) is 0 Å². The number of benzene rings is 1. The molecule has 1 aliphatic heterocycles. The monoisotopic (exact) mass is 449 g/mol. The number of imidazole rings is 1. The molecule has 3 heterocycles. The topological polar surface area (TPSA) is 90.2 Å². The number of nitrogens with zero attached hydrogens (tertiary/aromatic N) is 3. The van der Waals surface area contributed by atoms with Crippen molar-refractivity contribution in [3.63, 3.8) is 0 Å². The van der Waals surface area contributed by atoms with Crippen LogP contribution in [-0.4, -0.2) is 54.4 Å². The normalized spacial score (nSPS) is 15.4. The molecule has 0 spiro atoms. The highest BCUT2D eigenvalue weighted by Gasteiger charge is 2.29. The van der Waals surface area contributed by atoms with Crippen molar-refractivity contribution in [2.75, 3.05) is 26.3 Å². The molecular weight excluding hydrogens is 430 g/mol. The summed E-state index contributed by atoms with van der Waals surface area (Å²) in [4.78, 5) is 16.9. The smallest absolute Gasteiger partial charge is 0.338 e. The first kappa shape index (κ1) is 20.8. The molecule has 1 aliphatic rings. The number of carbonyl (C=O) groups is 1. The summed E-state index contributed by atoms with van der Waals surface area (Å²) in [5.74, 6) is -0.654. The van der Waals surface area contributed by atoms with E-state index in [4.69, 9.17) is 21.1 Å². The summed E-state index contributed by atoms with van der Waals surface area (Å²) in [6.45, 7) is 3.02. The van der Waals surface area contributed by atoms with Gasteiger partial charge in [0.1, 0.15) is 17.1 Å². The van der Waals surface area contributed by atoms with Crippen molar-refractivity contribution in [3.05, 3.63) is 64.6 Å². The standard InChI is InChI=1S/C20H20ClN3O5S/c1-14-3-2-6-23-12-16(22-19(14)23)13-29-20(25)15-4-5-17(21)18(11-15)30(26,27)24-7-9-28-10-8-24/h2-6,11-12H,7-10,13H2,1H3. The predicted molar refractivity (Wildman–Crippen MR) is 110 cm³/mol. The van der Waals surface area contributed by atoms with Crippen molar-refractivity contribution in [1.29, 1.82) is 0 Å². The van der Waals surface area contributed by atoms with E-state index in [1.54, 1.807) is 6.20 Å². The molecule has 0 radical (unpaired) electrons. The molecule has 0 atom stereocenters. The van der Waals surface area contributed by atoms with Gasteiger partial charge in [-0.2, -0.15) is 4.31 Å². The van der Waals surface area contributed by atoms with Gasteiger partial charge in [-0.05, 0) is 36.8 Å². The highest BCUT2D eigenvalue weighted by molar-refractivity contribution is 7.89. The fraction of sp³-hybridized carbons (Fsp3) is 0.300. The van der Waals surface area contributed by atoms with Crippen LogP contribution in [0.25, 0.3) is 5.65 Å². The number of aromatic nitrogens is 2. The second-order valence-electron chi connectivity index (χ2n) is 6.89. The highest BCUT2D eigenvalue weighted by Crippen LogP contribution is 2.27. The van der Waals surface area contributed by atoms with Crippen LogP contribution in [0.1, 0.15) is 21.6 Å². The van der Waals surface area contributed by atoms with E-state index in [0.29, 0.717) is 18.9 Å². The number of halogens is 1. The van der Waals surface area contributed by atoms with Crippen LogP contribution in [0.3, 0.4) is 0 Å². The lowest BCUT2D eigenvalue weighted by Gasteiger charge is -2.26.